The predicted octanol–water partition coefficient (Wildman–Crippen LogP) is 3.53. The number of carbonyl (C=O) groups is 1. The molecule has 8 nitrogen and oxygen atoms in total. The van der Waals surface area contributed by atoms with Crippen LogP contribution in [0.5, 0.6) is 5.75 Å². The molecule has 2 amide bonds. The fourth-order valence-corrected chi connectivity index (χ4v) is 6.72. The van der Waals surface area contributed by atoms with Crippen molar-refractivity contribution in [3.05, 3.63) is 63.1 Å². The van der Waals surface area contributed by atoms with E-state index in [1.165, 1.54) is 16.1 Å². The number of amides is 2. The van der Waals surface area contributed by atoms with E-state index >= 15 is 0 Å². The Morgan fingerprint density at radius 2 is 1.78 bits per heavy atom. The van der Waals surface area contributed by atoms with Crippen molar-refractivity contribution in [1.29, 1.82) is 0 Å². The first kappa shape index (κ1) is 26.6. The fourth-order valence-electron chi connectivity index (χ4n) is 5.59. The minimum absolute atomic E-state index is 0.0479. The highest BCUT2D eigenvalue weighted by Gasteiger charge is 2.40. The van der Waals surface area contributed by atoms with Gasteiger partial charge < -0.3 is 14.5 Å². The summed E-state index contributed by atoms with van der Waals surface area (Å²) in [6.07, 6.45) is 2.16. The maximum absolute atomic E-state index is 13.5. The number of likely N-dealkylation sites (tertiary alicyclic amines) is 1. The molecule has 0 N–H and O–H groups in total. The van der Waals surface area contributed by atoms with Crippen LogP contribution in [0, 0.1) is 0 Å². The summed E-state index contributed by atoms with van der Waals surface area (Å²) in [7, 11) is -1.17. The predicted molar refractivity (Wildman–Crippen MR) is 145 cm³/mol. The molecule has 2 fully saturated rings. The van der Waals surface area contributed by atoms with Crippen LogP contribution in [0.2, 0.25) is 10.0 Å². The molecule has 2 atom stereocenters. The van der Waals surface area contributed by atoms with Crippen LogP contribution in [-0.2, 0) is 23.0 Å². The minimum atomic E-state index is -3.26. The first-order valence-electron chi connectivity index (χ1n) is 12.5. The number of urea groups is 1. The van der Waals surface area contributed by atoms with E-state index in [2.05, 4.69) is 30.1 Å². The lowest BCUT2D eigenvalue weighted by molar-refractivity contribution is 0.138. The number of fused-ring (bicyclic) bond motifs is 1. The van der Waals surface area contributed by atoms with E-state index in [1.54, 1.807) is 4.90 Å². The molecule has 3 aliphatic rings. The second-order valence-electron chi connectivity index (χ2n) is 10.1. The van der Waals surface area contributed by atoms with E-state index < -0.39 is 10.0 Å². The first-order valence-corrected chi connectivity index (χ1v) is 15.1. The lowest BCUT2D eigenvalue weighted by Gasteiger charge is -2.35. The van der Waals surface area contributed by atoms with Gasteiger partial charge >= 0.3 is 6.03 Å². The van der Waals surface area contributed by atoms with E-state index in [9.17, 15) is 13.2 Å². The largest absolute Gasteiger partial charge is 0.493 e. The van der Waals surface area contributed by atoms with Gasteiger partial charge in [-0.05, 0) is 41.9 Å². The Morgan fingerprint density at radius 3 is 2.49 bits per heavy atom. The Kier molecular flexibility index (Phi) is 7.62. The molecule has 0 spiro atoms. The number of hydrogen-bond donors (Lipinski definition) is 0. The van der Waals surface area contributed by atoms with Gasteiger partial charge in [0.2, 0.25) is 10.0 Å². The van der Waals surface area contributed by atoms with Gasteiger partial charge in [-0.3, -0.25) is 4.90 Å². The van der Waals surface area contributed by atoms with Crippen molar-refractivity contribution in [2.75, 3.05) is 59.2 Å². The molecule has 0 aromatic heterocycles. The smallest absolute Gasteiger partial charge is 0.320 e. The van der Waals surface area contributed by atoms with Crippen LogP contribution >= 0.6 is 23.2 Å². The molecular weight excluding hydrogens is 535 g/mol. The van der Waals surface area contributed by atoms with Crippen molar-refractivity contribution in [3.63, 3.8) is 0 Å². The summed E-state index contributed by atoms with van der Waals surface area (Å²) < 4.78 is 30.9. The van der Waals surface area contributed by atoms with E-state index in [0.29, 0.717) is 55.9 Å². The van der Waals surface area contributed by atoms with E-state index in [0.717, 1.165) is 29.9 Å². The summed E-state index contributed by atoms with van der Waals surface area (Å²) in [6.45, 7) is 3.96. The Bertz CT molecular complexity index is 1280. The standard InChI is InChI=1S/C26H32Cl2N4O4S/c1-29(15-18-3-4-19-7-12-36-25(19)13-18)24-17-31(16-21(24)20-5-6-22(27)23(28)14-20)26(33)30-8-10-32(11-9-30)37(2,34)35/h3-6,13-14,21,24H,7-12,15-17H2,1-2H3/t21-,24-/m1/s1. The molecule has 3 heterocycles. The van der Waals surface area contributed by atoms with Crippen molar-refractivity contribution < 1.29 is 17.9 Å². The molecular formula is C26H32Cl2N4O4S. The molecule has 2 saturated heterocycles. The third-order valence-corrected chi connectivity index (χ3v) is 9.71. The zero-order valence-corrected chi connectivity index (χ0v) is 23.4. The van der Waals surface area contributed by atoms with Gasteiger partial charge in [0.25, 0.3) is 0 Å². The van der Waals surface area contributed by atoms with Gasteiger partial charge in [0.15, 0.2) is 0 Å². The maximum Gasteiger partial charge on any atom is 0.320 e. The van der Waals surface area contributed by atoms with Crippen LogP contribution in [0.3, 0.4) is 0 Å². The van der Waals surface area contributed by atoms with Crippen LogP contribution in [0.15, 0.2) is 36.4 Å². The molecule has 3 aliphatic heterocycles. The summed E-state index contributed by atoms with van der Waals surface area (Å²) >= 11 is 12.6. The normalized spacial score (nSPS) is 22.4. The fraction of sp³-hybridized carbons (Fsp3) is 0.500. The summed E-state index contributed by atoms with van der Waals surface area (Å²) in [5, 5.41) is 1.00. The van der Waals surface area contributed by atoms with Gasteiger partial charge in [0.05, 0.1) is 22.9 Å². The molecule has 0 bridgehead atoms. The summed E-state index contributed by atoms with van der Waals surface area (Å²) in [4.78, 5) is 19.4. The van der Waals surface area contributed by atoms with Gasteiger partial charge in [-0.2, -0.15) is 4.31 Å². The highest BCUT2D eigenvalue weighted by Crippen LogP contribution is 2.36. The van der Waals surface area contributed by atoms with E-state index in [4.69, 9.17) is 27.9 Å². The number of ether oxygens (including phenoxy) is 1. The lowest BCUT2D eigenvalue weighted by atomic mass is 9.93. The first-order chi connectivity index (χ1) is 17.6. The van der Waals surface area contributed by atoms with Crippen molar-refractivity contribution in [3.8, 4) is 5.75 Å². The third kappa shape index (κ3) is 5.71. The quantitative estimate of drug-likeness (QED) is 0.553. The van der Waals surface area contributed by atoms with Crippen LogP contribution in [-0.4, -0.2) is 98.7 Å². The van der Waals surface area contributed by atoms with Crippen molar-refractivity contribution >= 4 is 39.3 Å². The molecule has 0 radical (unpaired) electrons. The van der Waals surface area contributed by atoms with Gasteiger partial charge in [0.1, 0.15) is 5.75 Å². The topological polar surface area (TPSA) is 73.4 Å². The zero-order chi connectivity index (χ0) is 26.3. The minimum Gasteiger partial charge on any atom is -0.493 e. The van der Waals surface area contributed by atoms with Gasteiger partial charge in [-0.25, -0.2) is 13.2 Å². The SMILES string of the molecule is CN(Cc1ccc2c(c1)OCC2)[C@@H]1CN(C(=O)N2CCN(S(C)(=O)=O)CC2)C[C@@H]1c1ccc(Cl)c(Cl)c1. The van der Waals surface area contributed by atoms with Crippen LogP contribution in [0.4, 0.5) is 4.79 Å². The monoisotopic (exact) mass is 566 g/mol. The summed E-state index contributed by atoms with van der Waals surface area (Å²) in [5.41, 5.74) is 3.45. The molecule has 11 heteroatoms. The highest BCUT2D eigenvalue weighted by atomic mass is 35.5. The Balaban J connectivity index is 1.34. The van der Waals surface area contributed by atoms with Gasteiger partial charge in [-0.15, -0.1) is 0 Å². The molecule has 0 saturated carbocycles. The number of sulfonamides is 1. The molecule has 37 heavy (non-hydrogen) atoms. The van der Waals surface area contributed by atoms with Gasteiger partial charge in [0, 0.05) is 64.2 Å². The second kappa shape index (κ2) is 10.6. The Hall–Kier alpha value is -2.04. The highest BCUT2D eigenvalue weighted by molar-refractivity contribution is 7.88. The van der Waals surface area contributed by atoms with Crippen LogP contribution in [0.25, 0.3) is 0 Å². The Labute approximate surface area is 228 Å². The number of hydrogen-bond acceptors (Lipinski definition) is 5. The average molecular weight is 568 g/mol. The number of halogens is 2. The molecule has 2 aromatic carbocycles. The number of piperazine rings is 1. The number of nitrogens with zero attached hydrogens (tertiary/aromatic N) is 4. The van der Waals surface area contributed by atoms with Crippen molar-refractivity contribution in [1.82, 2.24) is 19.0 Å². The van der Waals surface area contributed by atoms with Crippen LogP contribution < -0.4 is 4.74 Å². The second-order valence-corrected chi connectivity index (χ2v) is 12.9. The average Bonchev–Trinajstić information content (AvgIpc) is 3.52. The number of carbonyl (C=O) groups excluding carboxylic acids is 1. The van der Waals surface area contributed by atoms with Crippen molar-refractivity contribution in [2.45, 2.75) is 24.9 Å². The molecule has 0 aliphatic carbocycles. The summed E-state index contributed by atoms with van der Waals surface area (Å²) in [6, 6.07) is 12.1. The molecule has 0 unspecified atom stereocenters. The van der Waals surface area contributed by atoms with Gasteiger partial charge in [-0.1, -0.05) is 41.4 Å². The number of benzene rings is 2. The summed E-state index contributed by atoms with van der Waals surface area (Å²) in [5.74, 6) is 1.01. The molecule has 200 valence electrons. The van der Waals surface area contributed by atoms with Crippen molar-refractivity contribution in [2.24, 2.45) is 0 Å². The maximum atomic E-state index is 13.5. The lowest BCUT2D eigenvalue weighted by Crippen LogP contribution is -2.53. The number of likely N-dealkylation sites (N-methyl/N-ethyl adjacent to an activating group) is 1. The Morgan fingerprint density at radius 1 is 1.03 bits per heavy atom. The molecule has 5 rings (SSSR count). The zero-order valence-electron chi connectivity index (χ0n) is 21.1. The van der Waals surface area contributed by atoms with Crippen LogP contribution in [0.1, 0.15) is 22.6 Å². The van der Waals surface area contributed by atoms with E-state index in [-0.39, 0.29) is 18.0 Å². The number of rotatable bonds is 5. The third-order valence-electron chi connectivity index (χ3n) is 7.67. The van der Waals surface area contributed by atoms with E-state index in [1.807, 2.05) is 23.1 Å². The molecule has 2 aromatic rings.